The van der Waals surface area contributed by atoms with Gasteiger partial charge in [0.15, 0.2) is 0 Å². The lowest BCUT2D eigenvalue weighted by Crippen LogP contribution is -2.04. The van der Waals surface area contributed by atoms with Crippen LogP contribution < -0.4 is 5.73 Å². The fourth-order valence-electron chi connectivity index (χ4n) is 1.38. The van der Waals surface area contributed by atoms with Crippen LogP contribution in [0.15, 0.2) is 35.3 Å². The molecular weight excluding hydrogens is 256 g/mol. The molecule has 0 aliphatic carbocycles. The van der Waals surface area contributed by atoms with Crippen LogP contribution >= 0.6 is 15.9 Å². The normalized spacial score (nSPS) is 10.5. The first-order valence-electron chi connectivity index (χ1n) is 4.65. The van der Waals surface area contributed by atoms with Gasteiger partial charge in [-0.3, -0.25) is 0 Å². The summed E-state index contributed by atoms with van der Waals surface area (Å²) in [4.78, 5) is 3.90. The number of hydrogen-bond donors (Lipinski definition) is 1. The maximum absolute atomic E-state index is 5.51. The Kier molecular flexibility index (Phi) is 3.13. The Balaban J connectivity index is 2.33. The Morgan fingerprint density at radius 2 is 2.27 bits per heavy atom. The Hall–Kier alpha value is -1.20. The van der Waals surface area contributed by atoms with Crippen molar-refractivity contribution < 1.29 is 0 Å². The Bertz CT molecular complexity index is 439. The van der Waals surface area contributed by atoms with Gasteiger partial charge in [-0.2, -0.15) is 5.10 Å². The van der Waals surface area contributed by atoms with E-state index in [-0.39, 0.29) is 0 Å². The van der Waals surface area contributed by atoms with Crippen LogP contribution in [-0.4, -0.2) is 21.3 Å². The lowest BCUT2D eigenvalue weighted by molar-refractivity contribution is 0.874. The smallest absolute Gasteiger partial charge is 0.138 e. The summed E-state index contributed by atoms with van der Waals surface area (Å²) in [6.45, 7) is 0.654. The fourth-order valence-corrected chi connectivity index (χ4v) is 1.94. The molecule has 0 saturated heterocycles. The molecule has 1 heterocycles. The van der Waals surface area contributed by atoms with Gasteiger partial charge in [0.25, 0.3) is 0 Å². The molecule has 0 spiro atoms. The SMILES string of the molecule is NCCc1ccc(-n2cncn2)cc1Br. The van der Waals surface area contributed by atoms with E-state index >= 15 is 0 Å². The minimum Gasteiger partial charge on any atom is -0.330 e. The first-order valence-corrected chi connectivity index (χ1v) is 5.44. The van der Waals surface area contributed by atoms with Crippen molar-refractivity contribution in [2.45, 2.75) is 6.42 Å². The highest BCUT2D eigenvalue weighted by molar-refractivity contribution is 9.10. The van der Waals surface area contributed by atoms with Crippen molar-refractivity contribution in [3.05, 3.63) is 40.9 Å². The summed E-state index contributed by atoms with van der Waals surface area (Å²) >= 11 is 3.52. The quantitative estimate of drug-likeness (QED) is 0.917. The van der Waals surface area contributed by atoms with Crippen molar-refractivity contribution in [2.24, 2.45) is 5.73 Å². The van der Waals surface area contributed by atoms with Crippen LogP contribution in [0.5, 0.6) is 0 Å². The molecule has 15 heavy (non-hydrogen) atoms. The summed E-state index contributed by atoms with van der Waals surface area (Å²) in [5, 5.41) is 4.06. The average molecular weight is 267 g/mol. The van der Waals surface area contributed by atoms with Crippen molar-refractivity contribution in [3.63, 3.8) is 0 Å². The molecule has 0 unspecified atom stereocenters. The van der Waals surface area contributed by atoms with Crippen LogP contribution in [0, 0.1) is 0 Å². The maximum Gasteiger partial charge on any atom is 0.138 e. The number of hydrogen-bond acceptors (Lipinski definition) is 3. The fraction of sp³-hybridized carbons (Fsp3) is 0.200. The molecule has 2 rings (SSSR count). The molecule has 0 radical (unpaired) electrons. The van der Waals surface area contributed by atoms with Crippen molar-refractivity contribution in [3.8, 4) is 5.69 Å². The third-order valence-electron chi connectivity index (χ3n) is 2.13. The van der Waals surface area contributed by atoms with Crippen molar-refractivity contribution in [1.82, 2.24) is 14.8 Å². The molecule has 0 bridgehead atoms. The van der Waals surface area contributed by atoms with Crippen LogP contribution in [0.25, 0.3) is 5.69 Å². The van der Waals surface area contributed by atoms with Gasteiger partial charge in [-0.15, -0.1) is 0 Å². The van der Waals surface area contributed by atoms with Crippen LogP contribution in [-0.2, 0) is 6.42 Å². The molecule has 5 heteroatoms. The van der Waals surface area contributed by atoms with E-state index in [1.54, 1.807) is 11.0 Å². The third kappa shape index (κ3) is 2.24. The first kappa shape index (κ1) is 10.3. The van der Waals surface area contributed by atoms with E-state index < -0.39 is 0 Å². The number of benzene rings is 1. The van der Waals surface area contributed by atoms with Crippen LogP contribution in [0.1, 0.15) is 5.56 Å². The van der Waals surface area contributed by atoms with Gasteiger partial charge in [-0.05, 0) is 30.7 Å². The largest absolute Gasteiger partial charge is 0.330 e. The highest BCUT2D eigenvalue weighted by Crippen LogP contribution is 2.20. The van der Waals surface area contributed by atoms with Gasteiger partial charge in [-0.25, -0.2) is 9.67 Å². The predicted molar refractivity (Wildman–Crippen MR) is 61.8 cm³/mol. The van der Waals surface area contributed by atoms with Crippen molar-refractivity contribution in [1.29, 1.82) is 0 Å². The molecule has 78 valence electrons. The van der Waals surface area contributed by atoms with Crippen LogP contribution in [0.3, 0.4) is 0 Å². The van der Waals surface area contributed by atoms with E-state index in [0.717, 1.165) is 16.6 Å². The van der Waals surface area contributed by atoms with E-state index in [2.05, 4.69) is 26.0 Å². The Labute approximate surface area is 96.3 Å². The average Bonchev–Trinajstić information content (AvgIpc) is 2.74. The molecule has 1 aromatic carbocycles. The molecule has 1 aromatic heterocycles. The molecule has 4 nitrogen and oxygen atoms in total. The minimum absolute atomic E-state index is 0.654. The van der Waals surface area contributed by atoms with Gasteiger partial charge < -0.3 is 5.73 Å². The second-order valence-electron chi connectivity index (χ2n) is 3.15. The number of halogens is 1. The number of nitrogens with two attached hydrogens (primary N) is 1. The van der Waals surface area contributed by atoms with E-state index in [0.29, 0.717) is 6.54 Å². The molecule has 0 aliphatic rings. The summed E-state index contributed by atoms with van der Waals surface area (Å²) in [5.74, 6) is 0. The molecule has 0 atom stereocenters. The van der Waals surface area contributed by atoms with Crippen LogP contribution in [0.2, 0.25) is 0 Å². The second kappa shape index (κ2) is 4.55. The Morgan fingerprint density at radius 3 is 2.87 bits per heavy atom. The molecule has 0 saturated carbocycles. The van der Waals surface area contributed by atoms with Gasteiger partial charge in [0.05, 0.1) is 5.69 Å². The van der Waals surface area contributed by atoms with Crippen LogP contribution in [0.4, 0.5) is 0 Å². The summed E-state index contributed by atoms with van der Waals surface area (Å²) in [6, 6.07) is 6.07. The topological polar surface area (TPSA) is 56.7 Å². The number of rotatable bonds is 3. The summed E-state index contributed by atoms with van der Waals surface area (Å²) in [7, 11) is 0. The highest BCUT2D eigenvalue weighted by atomic mass is 79.9. The van der Waals surface area contributed by atoms with E-state index in [1.165, 1.54) is 11.9 Å². The van der Waals surface area contributed by atoms with E-state index in [9.17, 15) is 0 Å². The standard InChI is InChI=1S/C10H11BrN4/c11-10-5-9(15-7-13-6-14-15)2-1-8(10)3-4-12/h1-2,5-7H,3-4,12H2. The van der Waals surface area contributed by atoms with E-state index in [4.69, 9.17) is 5.73 Å². The van der Waals surface area contributed by atoms with Gasteiger partial charge >= 0.3 is 0 Å². The minimum atomic E-state index is 0.654. The van der Waals surface area contributed by atoms with Gasteiger partial charge in [0.1, 0.15) is 12.7 Å². The van der Waals surface area contributed by atoms with E-state index in [1.807, 2.05) is 18.2 Å². The zero-order chi connectivity index (χ0) is 10.7. The molecule has 0 aliphatic heterocycles. The van der Waals surface area contributed by atoms with Crippen molar-refractivity contribution in [2.75, 3.05) is 6.54 Å². The molecule has 2 N–H and O–H groups in total. The summed E-state index contributed by atoms with van der Waals surface area (Å²) < 4.78 is 2.78. The zero-order valence-corrected chi connectivity index (χ0v) is 9.68. The van der Waals surface area contributed by atoms with Crippen molar-refractivity contribution >= 4 is 15.9 Å². The Morgan fingerprint density at radius 1 is 1.40 bits per heavy atom. The molecule has 0 fully saturated rings. The molecule has 0 amide bonds. The third-order valence-corrected chi connectivity index (χ3v) is 2.87. The van der Waals surface area contributed by atoms with Gasteiger partial charge in [-0.1, -0.05) is 22.0 Å². The number of aromatic nitrogens is 3. The summed E-state index contributed by atoms with van der Waals surface area (Å²) in [5.41, 5.74) is 7.71. The number of nitrogens with zero attached hydrogens (tertiary/aromatic N) is 3. The molecule has 2 aromatic rings. The predicted octanol–water partition coefficient (Wildman–Crippen LogP) is 1.53. The second-order valence-corrected chi connectivity index (χ2v) is 4.01. The van der Waals surface area contributed by atoms with Gasteiger partial charge in [0.2, 0.25) is 0 Å². The maximum atomic E-state index is 5.51. The lowest BCUT2D eigenvalue weighted by Gasteiger charge is -2.05. The lowest BCUT2D eigenvalue weighted by atomic mass is 10.1. The zero-order valence-electron chi connectivity index (χ0n) is 8.10. The molecular formula is C10H11BrN4. The van der Waals surface area contributed by atoms with Gasteiger partial charge in [0, 0.05) is 4.47 Å². The first-order chi connectivity index (χ1) is 7.31. The monoisotopic (exact) mass is 266 g/mol. The highest BCUT2D eigenvalue weighted by Gasteiger charge is 2.02. The summed E-state index contributed by atoms with van der Waals surface area (Å²) in [6.07, 6.45) is 4.06.